The van der Waals surface area contributed by atoms with Crippen molar-refractivity contribution in [2.45, 2.75) is 19.9 Å². The largest absolute Gasteiger partial charge is 0.452 e. The Labute approximate surface area is 164 Å². The van der Waals surface area contributed by atoms with Gasteiger partial charge in [0.1, 0.15) is 5.75 Å². The van der Waals surface area contributed by atoms with Crippen LogP contribution in [-0.4, -0.2) is 65.3 Å². The van der Waals surface area contributed by atoms with Gasteiger partial charge in [-0.3, -0.25) is 4.90 Å². The van der Waals surface area contributed by atoms with E-state index in [4.69, 9.17) is 26.4 Å². The van der Waals surface area contributed by atoms with Crippen molar-refractivity contribution in [1.82, 2.24) is 14.9 Å². The topological polar surface area (TPSA) is 73.8 Å². The molecular formula is C19H26ClN5O2. The lowest BCUT2D eigenvalue weighted by molar-refractivity contribution is 0.188. The molecule has 0 amide bonds. The highest BCUT2D eigenvalue weighted by atomic mass is 35.5. The Morgan fingerprint density at radius 1 is 1.19 bits per heavy atom. The molecule has 2 heterocycles. The number of β-amino-alcohol motifs (C(OH)–C–C–N with tert-alkyl or cyclic N) is 1. The lowest BCUT2D eigenvalue weighted by Crippen LogP contribution is -2.47. The average Bonchev–Trinajstić information content (AvgIpc) is 2.65. The average molecular weight is 392 g/mol. The number of aromatic nitrogens is 2. The number of aliphatic hydroxyl groups excluding tert-OH is 1. The smallest absolute Gasteiger partial charge is 0.225 e. The Morgan fingerprint density at radius 3 is 2.52 bits per heavy atom. The second kappa shape index (κ2) is 9.21. The van der Waals surface area contributed by atoms with E-state index in [9.17, 15) is 0 Å². The number of piperazine rings is 1. The number of aliphatic hydroxyl groups is 1. The molecule has 1 aliphatic heterocycles. The summed E-state index contributed by atoms with van der Waals surface area (Å²) >= 11 is 5.96. The fraction of sp³-hybridized carbons (Fsp3) is 0.474. The minimum Gasteiger partial charge on any atom is -0.452 e. The summed E-state index contributed by atoms with van der Waals surface area (Å²) in [5.41, 5.74) is 0. The highest BCUT2D eigenvalue weighted by Crippen LogP contribution is 2.32. The van der Waals surface area contributed by atoms with Crippen LogP contribution in [0.2, 0.25) is 5.02 Å². The van der Waals surface area contributed by atoms with E-state index in [1.807, 2.05) is 12.1 Å². The summed E-state index contributed by atoms with van der Waals surface area (Å²) in [7, 11) is 0. The normalized spacial score (nSPS) is 15.2. The number of halogens is 1. The van der Waals surface area contributed by atoms with Gasteiger partial charge in [0.05, 0.1) is 12.8 Å². The van der Waals surface area contributed by atoms with Crippen molar-refractivity contribution < 1.29 is 9.84 Å². The molecule has 1 saturated heterocycles. The molecule has 1 aromatic heterocycles. The molecule has 2 N–H and O–H groups in total. The van der Waals surface area contributed by atoms with Crippen LogP contribution in [0.25, 0.3) is 0 Å². The van der Waals surface area contributed by atoms with E-state index >= 15 is 0 Å². The van der Waals surface area contributed by atoms with E-state index in [0.29, 0.717) is 29.0 Å². The molecule has 27 heavy (non-hydrogen) atoms. The summed E-state index contributed by atoms with van der Waals surface area (Å²) in [6.07, 6.45) is 1.71. The molecule has 1 aliphatic rings. The zero-order chi connectivity index (χ0) is 19.2. The molecule has 0 radical (unpaired) electrons. The summed E-state index contributed by atoms with van der Waals surface area (Å²) in [6.45, 7) is 8.36. The van der Waals surface area contributed by atoms with Crippen LogP contribution < -0.4 is 15.0 Å². The number of ether oxygens (including phenoxy) is 1. The maximum Gasteiger partial charge on any atom is 0.225 e. The van der Waals surface area contributed by atoms with Gasteiger partial charge in [-0.15, -0.1) is 0 Å². The second-order valence-electron chi connectivity index (χ2n) is 6.79. The lowest BCUT2D eigenvalue weighted by atomic mass is 10.3. The van der Waals surface area contributed by atoms with Crippen LogP contribution in [0.4, 0.5) is 11.8 Å². The molecule has 7 nitrogen and oxygen atoms in total. The Balaban J connectivity index is 1.82. The molecule has 146 valence electrons. The number of nitrogens with zero attached hydrogens (tertiary/aromatic N) is 4. The maximum atomic E-state index is 9.14. The predicted molar refractivity (Wildman–Crippen MR) is 108 cm³/mol. The highest BCUT2D eigenvalue weighted by molar-refractivity contribution is 6.30. The molecule has 0 bridgehead atoms. The fourth-order valence-corrected chi connectivity index (χ4v) is 3.07. The molecule has 1 aromatic carbocycles. The van der Waals surface area contributed by atoms with Crippen molar-refractivity contribution in [3.8, 4) is 11.5 Å². The van der Waals surface area contributed by atoms with E-state index < -0.39 is 0 Å². The van der Waals surface area contributed by atoms with E-state index in [1.165, 1.54) is 0 Å². The number of nitrogens with one attached hydrogen (secondary N) is 1. The van der Waals surface area contributed by atoms with Gasteiger partial charge in [0.15, 0.2) is 11.6 Å². The third kappa shape index (κ3) is 5.45. The maximum absolute atomic E-state index is 9.14. The van der Waals surface area contributed by atoms with Crippen molar-refractivity contribution in [2.24, 2.45) is 0 Å². The molecular weight excluding hydrogens is 366 g/mol. The monoisotopic (exact) mass is 391 g/mol. The van der Waals surface area contributed by atoms with Crippen molar-refractivity contribution in [2.75, 3.05) is 49.5 Å². The number of hydrogen-bond acceptors (Lipinski definition) is 7. The van der Waals surface area contributed by atoms with Crippen molar-refractivity contribution in [3.63, 3.8) is 0 Å². The van der Waals surface area contributed by atoms with Gasteiger partial charge in [-0.2, -0.15) is 4.98 Å². The summed E-state index contributed by atoms with van der Waals surface area (Å²) in [5, 5.41) is 13.0. The molecule has 0 atom stereocenters. The number of hydrogen-bond donors (Lipinski definition) is 2. The Hall–Kier alpha value is -2.09. The lowest BCUT2D eigenvalue weighted by Gasteiger charge is -2.35. The first-order valence-electron chi connectivity index (χ1n) is 9.20. The summed E-state index contributed by atoms with van der Waals surface area (Å²) in [4.78, 5) is 13.5. The van der Waals surface area contributed by atoms with Gasteiger partial charge < -0.3 is 20.1 Å². The molecule has 2 aromatic rings. The number of anilines is 2. The molecule has 3 rings (SSSR count). The van der Waals surface area contributed by atoms with Gasteiger partial charge >= 0.3 is 0 Å². The first-order chi connectivity index (χ1) is 13.0. The zero-order valence-electron chi connectivity index (χ0n) is 15.7. The fourth-order valence-electron chi connectivity index (χ4n) is 2.94. The third-order valence-electron chi connectivity index (χ3n) is 4.28. The van der Waals surface area contributed by atoms with Gasteiger partial charge in [-0.05, 0) is 38.1 Å². The number of rotatable bonds is 7. The minimum absolute atomic E-state index is 0.181. The Bertz CT molecular complexity index is 733. The van der Waals surface area contributed by atoms with Crippen molar-refractivity contribution >= 4 is 23.4 Å². The quantitative estimate of drug-likeness (QED) is 0.751. The van der Waals surface area contributed by atoms with E-state index in [-0.39, 0.29) is 12.6 Å². The van der Waals surface area contributed by atoms with E-state index in [0.717, 1.165) is 32.0 Å². The van der Waals surface area contributed by atoms with Crippen molar-refractivity contribution in [3.05, 3.63) is 35.5 Å². The van der Waals surface area contributed by atoms with Gasteiger partial charge in [0.2, 0.25) is 5.95 Å². The zero-order valence-corrected chi connectivity index (χ0v) is 16.5. The predicted octanol–water partition coefficient (Wildman–Crippen LogP) is 2.86. The molecule has 0 unspecified atom stereocenters. The Kier molecular flexibility index (Phi) is 6.71. The van der Waals surface area contributed by atoms with Gasteiger partial charge in [0, 0.05) is 43.8 Å². The highest BCUT2D eigenvalue weighted by Gasteiger charge is 2.22. The van der Waals surface area contributed by atoms with Gasteiger partial charge in [-0.1, -0.05) is 11.6 Å². The Morgan fingerprint density at radius 2 is 1.89 bits per heavy atom. The van der Waals surface area contributed by atoms with Crippen LogP contribution in [0.5, 0.6) is 11.5 Å². The summed E-state index contributed by atoms with van der Waals surface area (Å²) in [6, 6.07) is 7.47. The first kappa shape index (κ1) is 19.7. The van der Waals surface area contributed by atoms with Crippen molar-refractivity contribution in [1.29, 1.82) is 0 Å². The van der Waals surface area contributed by atoms with Crippen LogP contribution in [-0.2, 0) is 0 Å². The standard InChI is InChI=1S/C19H26ClN5O2/c1-14(2)22-19-21-13-17(27-16-5-3-15(20)4-6-16)18(23-19)25-9-7-24(8-10-25)11-12-26/h3-6,13-14,26H,7-12H2,1-2H3,(H,21,22,23). The summed E-state index contributed by atoms with van der Waals surface area (Å²) < 4.78 is 6.05. The van der Waals surface area contributed by atoms with Crippen LogP contribution in [0.15, 0.2) is 30.5 Å². The van der Waals surface area contributed by atoms with E-state index in [1.54, 1.807) is 18.3 Å². The van der Waals surface area contributed by atoms with Gasteiger partial charge in [-0.25, -0.2) is 4.98 Å². The SMILES string of the molecule is CC(C)Nc1ncc(Oc2ccc(Cl)cc2)c(N2CCN(CCO)CC2)n1. The molecule has 0 aliphatic carbocycles. The van der Waals surface area contributed by atoms with Crippen LogP contribution >= 0.6 is 11.6 Å². The number of benzene rings is 1. The molecule has 0 saturated carbocycles. The van der Waals surface area contributed by atoms with Gasteiger partial charge in [0.25, 0.3) is 0 Å². The van der Waals surface area contributed by atoms with E-state index in [2.05, 4.69) is 33.9 Å². The third-order valence-corrected chi connectivity index (χ3v) is 4.54. The minimum atomic E-state index is 0.181. The summed E-state index contributed by atoms with van der Waals surface area (Å²) in [5.74, 6) is 2.66. The van der Waals surface area contributed by atoms with Crippen LogP contribution in [0, 0.1) is 0 Å². The first-order valence-corrected chi connectivity index (χ1v) is 9.58. The molecule has 8 heteroatoms. The molecule has 1 fully saturated rings. The molecule has 0 spiro atoms. The second-order valence-corrected chi connectivity index (χ2v) is 7.23. The van der Waals surface area contributed by atoms with Crippen LogP contribution in [0.3, 0.4) is 0 Å². The van der Waals surface area contributed by atoms with Crippen LogP contribution in [0.1, 0.15) is 13.8 Å².